The van der Waals surface area contributed by atoms with E-state index >= 15 is 0 Å². The molecule has 270 valence electrons. The van der Waals surface area contributed by atoms with Crippen LogP contribution in [0, 0.1) is 40.0 Å². The lowest BCUT2D eigenvalue weighted by Crippen LogP contribution is -2.54. The van der Waals surface area contributed by atoms with Gasteiger partial charge < -0.3 is 9.47 Å². The fraction of sp³-hybridized carbons (Fsp3) is 0.362. The molecule has 0 amide bonds. The molecule has 4 heterocycles. The van der Waals surface area contributed by atoms with Gasteiger partial charge in [0.05, 0.1) is 15.9 Å². The Morgan fingerprint density at radius 2 is 1.55 bits per heavy atom. The molecule has 53 heavy (non-hydrogen) atoms. The number of ether oxygens (including phenoxy) is 2. The maximum Gasteiger partial charge on any atom is 0.217 e. The highest BCUT2D eigenvalue weighted by Crippen LogP contribution is 2.60. The normalized spacial score (nSPS) is 21.8. The number of pyridine rings is 1. The summed E-state index contributed by atoms with van der Waals surface area (Å²) in [6.07, 6.45) is 0.135. The van der Waals surface area contributed by atoms with E-state index in [0.29, 0.717) is 17.2 Å². The van der Waals surface area contributed by atoms with Crippen molar-refractivity contribution in [2.24, 2.45) is 10.4 Å². The number of aliphatic imine (C=N–C) groups is 1. The van der Waals surface area contributed by atoms with Gasteiger partial charge in [0.25, 0.3) is 0 Å². The standard InChI is InChI=1S/C47H49N3O2S/c1-25-13-35-34-17-29(5)38(22-37(34)50-41(35)39(14-25)53-40-15-26(2)24-48-42(40)50)51-33-20-30(19-32(21-33)44(6,7)8)43-49-46(12)36-18-28(4)27(3)16-31(36)23-47(46,52-43)45(9,10)11/h13-22,24H,23H2,1-12H3/t46-,47-/m1/s1/i23D2. The number of fused-ring (bicyclic) bond motifs is 8. The molecule has 4 aromatic carbocycles. The summed E-state index contributed by atoms with van der Waals surface area (Å²) in [6.45, 7) is 25.3. The van der Waals surface area contributed by atoms with E-state index in [2.05, 4.69) is 129 Å². The molecule has 0 spiro atoms. The summed E-state index contributed by atoms with van der Waals surface area (Å²) in [6, 6.07) is 21.6. The Labute approximate surface area is 320 Å². The molecule has 0 N–H and O–H groups in total. The Hall–Kier alpha value is -4.55. The Morgan fingerprint density at radius 1 is 0.811 bits per heavy atom. The second kappa shape index (κ2) is 11.0. The number of aromatic nitrogens is 2. The molecule has 5 nitrogen and oxygen atoms in total. The van der Waals surface area contributed by atoms with Crippen molar-refractivity contribution in [3.8, 4) is 17.3 Å². The van der Waals surface area contributed by atoms with Crippen LogP contribution in [-0.2, 0) is 22.1 Å². The smallest absolute Gasteiger partial charge is 0.217 e. The molecule has 0 radical (unpaired) electrons. The molecule has 2 aromatic heterocycles. The van der Waals surface area contributed by atoms with Crippen LogP contribution in [-0.4, -0.2) is 21.0 Å². The average Bonchev–Trinajstić information content (AvgIpc) is 3.63. The van der Waals surface area contributed by atoms with Gasteiger partial charge in [-0.15, -0.1) is 0 Å². The van der Waals surface area contributed by atoms with Crippen molar-refractivity contribution < 1.29 is 12.2 Å². The molecule has 1 aliphatic carbocycles. The Balaban J connectivity index is 1.21. The highest BCUT2D eigenvalue weighted by Gasteiger charge is 2.66. The quantitative estimate of drug-likeness (QED) is 0.182. The van der Waals surface area contributed by atoms with Crippen LogP contribution < -0.4 is 4.74 Å². The van der Waals surface area contributed by atoms with Crippen molar-refractivity contribution in [2.45, 2.75) is 116 Å². The van der Waals surface area contributed by atoms with Crippen LogP contribution in [0.15, 0.2) is 81.6 Å². The number of hydrogen-bond donors (Lipinski definition) is 0. The van der Waals surface area contributed by atoms with Gasteiger partial charge in [-0.3, -0.25) is 4.57 Å². The first kappa shape index (κ1) is 31.9. The van der Waals surface area contributed by atoms with Gasteiger partial charge in [0.2, 0.25) is 5.90 Å². The highest BCUT2D eigenvalue weighted by atomic mass is 32.2. The van der Waals surface area contributed by atoms with Crippen LogP contribution in [0.2, 0.25) is 0 Å². The number of nitrogens with zero attached hydrogens (tertiary/aromatic N) is 3. The average molecular weight is 722 g/mol. The van der Waals surface area contributed by atoms with Crippen molar-refractivity contribution in [1.29, 1.82) is 0 Å². The molecule has 0 fully saturated rings. The van der Waals surface area contributed by atoms with Crippen LogP contribution in [0.1, 0.15) is 101 Å². The Morgan fingerprint density at radius 3 is 2.28 bits per heavy atom. The molecule has 0 unspecified atom stereocenters. The van der Waals surface area contributed by atoms with Crippen LogP contribution in [0.5, 0.6) is 11.5 Å². The topological polar surface area (TPSA) is 48.6 Å². The number of hydrogen-bond acceptors (Lipinski definition) is 5. The number of aryl methyl sites for hydroxylation is 5. The maximum absolute atomic E-state index is 9.76. The van der Waals surface area contributed by atoms with E-state index in [-0.39, 0.29) is 5.41 Å². The van der Waals surface area contributed by atoms with E-state index in [1.807, 2.05) is 25.3 Å². The maximum atomic E-state index is 9.76. The van der Waals surface area contributed by atoms with Crippen LogP contribution in [0.25, 0.3) is 27.6 Å². The van der Waals surface area contributed by atoms with Gasteiger partial charge >= 0.3 is 0 Å². The Bertz CT molecular complexity index is 2710. The van der Waals surface area contributed by atoms with Crippen LogP contribution in [0.3, 0.4) is 0 Å². The fourth-order valence-corrected chi connectivity index (χ4v) is 9.94. The second-order valence-corrected chi connectivity index (χ2v) is 18.9. The minimum absolute atomic E-state index is 0.216. The molecule has 9 rings (SSSR count). The van der Waals surface area contributed by atoms with E-state index in [9.17, 15) is 2.74 Å². The van der Waals surface area contributed by atoms with Crippen molar-refractivity contribution in [3.63, 3.8) is 0 Å². The highest BCUT2D eigenvalue weighted by molar-refractivity contribution is 7.99. The SMILES string of the molecule is [2H]C1([2H])c2cc(C)c(C)cc2[C@@]2(C)N=C(c3cc(Oc4cc5c(cc4C)c4cc(C)cc6c4n5-c4ncc(C)cc4S6)cc(C(C)(C)C)c3)O[C@@]12C(C)(C)C. The molecular weight excluding hydrogens is 671 g/mol. The van der Waals surface area contributed by atoms with Crippen molar-refractivity contribution in [2.75, 3.05) is 0 Å². The summed E-state index contributed by atoms with van der Waals surface area (Å²) in [5.74, 6) is 2.81. The zero-order chi connectivity index (χ0) is 39.4. The molecule has 3 aliphatic rings. The number of benzene rings is 4. The lowest BCUT2D eigenvalue weighted by atomic mass is 9.66. The second-order valence-electron chi connectivity index (χ2n) is 17.8. The molecule has 0 bridgehead atoms. The third kappa shape index (κ3) is 4.90. The lowest BCUT2D eigenvalue weighted by molar-refractivity contribution is -0.0673. The zero-order valence-electron chi connectivity index (χ0n) is 34.9. The van der Waals surface area contributed by atoms with Gasteiger partial charge in [-0.05, 0) is 134 Å². The summed E-state index contributed by atoms with van der Waals surface area (Å²) in [5.41, 5.74) is 8.12. The van der Waals surface area contributed by atoms with Crippen LogP contribution >= 0.6 is 11.8 Å². The first-order valence-corrected chi connectivity index (χ1v) is 19.5. The lowest BCUT2D eigenvalue weighted by Gasteiger charge is -2.45. The molecule has 0 saturated carbocycles. The van der Waals surface area contributed by atoms with Gasteiger partial charge in [-0.25, -0.2) is 9.98 Å². The minimum atomic E-state index is -1.81. The van der Waals surface area contributed by atoms with Crippen LogP contribution in [0.4, 0.5) is 0 Å². The van der Waals surface area contributed by atoms with E-state index < -0.39 is 22.9 Å². The summed E-state index contributed by atoms with van der Waals surface area (Å²) in [5, 5.41) is 2.39. The predicted octanol–water partition coefficient (Wildman–Crippen LogP) is 12.3. The summed E-state index contributed by atoms with van der Waals surface area (Å²) in [4.78, 5) is 12.7. The van der Waals surface area contributed by atoms with Gasteiger partial charge in [0, 0.05) is 48.0 Å². The molecule has 2 aliphatic heterocycles. The molecule has 0 saturated heterocycles. The van der Waals surface area contributed by atoms with E-state index in [1.165, 1.54) is 26.7 Å². The monoisotopic (exact) mass is 721 g/mol. The van der Waals surface area contributed by atoms with Gasteiger partial charge in [0.1, 0.15) is 22.6 Å². The summed E-state index contributed by atoms with van der Waals surface area (Å²) in [7, 11) is 0. The molecule has 2 atom stereocenters. The van der Waals surface area contributed by atoms with E-state index in [4.69, 9.17) is 19.5 Å². The van der Waals surface area contributed by atoms with Gasteiger partial charge in [0.15, 0.2) is 5.82 Å². The third-order valence-corrected chi connectivity index (χ3v) is 12.8. The largest absolute Gasteiger partial charge is 0.467 e. The van der Waals surface area contributed by atoms with Gasteiger partial charge in [-0.2, -0.15) is 0 Å². The summed E-state index contributed by atoms with van der Waals surface area (Å²) >= 11 is 1.79. The van der Waals surface area contributed by atoms with E-state index in [1.54, 1.807) is 11.8 Å². The molecule has 6 aromatic rings. The Kier molecular flexibility index (Phi) is 6.63. The first-order valence-electron chi connectivity index (χ1n) is 19.6. The first-order chi connectivity index (χ1) is 25.6. The third-order valence-electron chi connectivity index (χ3n) is 11.7. The minimum Gasteiger partial charge on any atom is -0.467 e. The molecular formula is C47H49N3O2S. The summed E-state index contributed by atoms with van der Waals surface area (Å²) < 4.78 is 35.9. The fourth-order valence-electron chi connectivity index (χ4n) is 8.68. The predicted molar refractivity (Wildman–Crippen MR) is 219 cm³/mol. The van der Waals surface area contributed by atoms with E-state index in [0.717, 1.165) is 60.9 Å². The van der Waals surface area contributed by atoms with Crippen molar-refractivity contribution >= 4 is 39.5 Å². The molecule has 6 heteroatoms. The zero-order valence-corrected chi connectivity index (χ0v) is 33.7. The van der Waals surface area contributed by atoms with Gasteiger partial charge in [-0.1, -0.05) is 65.4 Å². The number of rotatable bonds is 3. The van der Waals surface area contributed by atoms with Crippen molar-refractivity contribution in [1.82, 2.24) is 9.55 Å². The van der Waals surface area contributed by atoms with Crippen molar-refractivity contribution in [3.05, 3.63) is 117 Å².